The highest BCUT2D eigenvalue weighted by Gasteiger charge is 2.45. The second kappa shape index (κ2) is 5.72. The first-order valence-corrected chi connectivity index (χ1v) is 5.75. The molecule has 0 radical (unpaired) electrons. The number of rotatable bonds is 5. The maximum Gasteiger partial charge on any atom is 0.164 e. The fraction of sp³-hybridized carbons (Fsp3) is 0.909. The number of hydrogen-bond acceptors (Lipinski definition) is 5. The Kier molecular flexibility index (Phi) is 4.86. The molecular weight excluding hydrogens is 210 g/mol. The fourth-order valence-electron chi connectivity index (χ4n) is 1.74. The minimum Gasteiger partial charge on any atom is -0.388 e. The average Bonchev–Trinajstić information content (AvgIpc) is 2.52. The lowest BCUT2D eigenvalue weighted by molar-refractivity contribution is -0.133. The number of carbonyl (C=O) groups is 1. The van der Waals surface area contributed by atoms with Gasteiger partial charge in [0.2, 0.25) is 0 Å². The van der Waals surface area contributed by atoms with E-state index in [1.807, 2.05) is 13.8 Å². The predicted molar refractivity (Wildman–Crippen MR) is 59.1 cm³/mol. The molecule has 1 rings (SSSR count). The molecule has 0 aliphatic carbocycles. The van der Waals surface area contributed by atoms with E-state index in [-0.39, 0.29) is 11.8 Å². The molecule has 0 aromatic rings. The number of ether oxygens (including phenoxy) is 1. The van der Waals surface area contributed by atoms with Gasteiger partial charge in [-0.15, -0.1) is 0 Å². The van der Waals surface area contributed by atoms with Crippen LogP contribution in [0.15, 0.2) is 0 Å². The van der Waals surface area contributed by atoms with Crippen LogP contribution in [0.2, 0.25) is 0 Å². The third-order valence-electron chi connectivity index (χ3n) is 2.76. The SMILES string of the molecule is CCC(=O)[C@@H]1O[C@H](CNC(C)C)[C@@H](O)[C@H]1O. The summed E-state index contributed by atoms with van der Waals surface area (Å²) in [6.07, 6.45) is -3.19. The number of Topliss-reactive ketones (excluding diaryl/α,β-unsaturated/α-hetero) is 1. The lowest BCUT2D eigenvalue weighted by atomic mass is 10.0. The van der Waals surface area contributed by atoms with Crippen LogP contribution in [0.5, 0.6) is 0 Å². The molecule has 1 saturated heterocycles. The Morgan fingerprint density at radius 2 is 2.00 bits per heavy atom. The van der Waals surface area contributed by atoms with Gasteiger partial charge in [-0.2, -0.15) is 0 Å². The van der Waals surface area contributed by atoms with Crippen molar-refractivity contribution in [3.05, 3.63) is 0 Å². The van der Waals surface area contributed by atoms with Crippen molar-refractivity contribution in [1.82, 2.24) is 5.32 Å². The molecule has 3 N–H and O–H groups in total. The van der Waals surface area contributed by atoms with Crippen LogP contribution in [-0.4, -0.2) is 53.0 Å². The van der Waals surface area contributed by atoms with Gasteiger partial charge in [-0.05, 0) is 0 Å². The number of ketones is 1. The van der Waals surface area contributed by atoms with Crippen LogP contribution < -0.4 is 5.32 Å². The maximum absolute atomic E-state index is 11.4. The quantitative estimate of drug-likeness (QED) is 0.592. The summed E-state index contributed by atoms with van der Waals surface area (Å²) in [5.41, 5.74) is 0. The molecule has 16 heavy (non-hydrogen) atoms. The molecule has 1 aliphatic rings. The highest BCUT2D eigenvalue weighted by Crippen LogP contribution is 2.22. The first-order valence-electron chi connectivity index (χ1n) is 5.75. The van der Waals surface area contributed by atoms with E-state index in [2.05, 4.69) is 5.32 Å². The first-order chi connectivity index (χ1) is 7.47. The highest BCUT2D eigenvalue weighted by atomic mass is 16.5. The molecular formula is C11H21NO4. The average molecular weight is 231 g/mol. The van der Waals surface area contributed by atoms with Crippen LogP contribution in [0, 0.1) is 0 Å². The van der Waals surface area contributed by atoms with E-state index in [4.69, 9.17) is 4.74 Å². The van der Waals surface area contributed by atoms with Gasteiger partial charge in [-0.25, -0.2) is 0 Å². The van der Waals surface area contributed by atoms with Crippen LogP contribution >= 0.6 is 0 Å². The van der Waals surface area contributed by atoms with Crippen molar-refractivity contribution in [1.29, 1.82) is 0 Å². The lowest BCUT2D eigenvalue weighted by Crippen LogP contribution is -2.40. The van der Waals surface area contributed by atoms with Gasteiger partial charge in [0.05, 0.1) is 6.10 Å². The van der Waals surface area contributed by atoms with Crippen molar-refractivity contribution in [2.45, 2.75) is 57.6 Å². The van der Waals surface area contributed by atoms with Crippen molar-refractivity contribution < 1.29 is 19.7 Å². The Hall–Kier alpha value is -0.490. The van der Waals surface area contributed by atoms with E-state index in [1.54, 1.807) is 6.92 Å². The maximum atomic E-state index is 11.4. The standard InChI is InChI=1S/C11H21NO4/c1-4-7(13)11-10(15)9(14)8(16-11)5-12-6(2)3/h6,8-12,14-15H,4-5H2,1-3H3/t8-,9-,10-,11+/m1/s1. The summed E-state index contributed by atoms with van der Waals surface area (Å²) >= 11 is 0. The third-order valence-corrected chi connectivity index (χ3v) is 2.76. The molecule has 0 unspecified atom stereocenters. The van der Waals surface area contributed by atoms with Gasteiger partial charge in [0, 0.05) is 19.0 Å². The Bertz CT molecular complexity index is 244. The molecule has 1 heterocycles. The molecule has 5 nitrogen and oxygen atoms in total. The normalized spacial score (nSPS) is 34.6. The van der Waals surface area contributed by atoms with Gasteiger partial charge >= 0.3 is 0 Å². The zero-order valence-electron chi connectivity index (χ0n) is 10.0. The fourth-order valence-corrected chi connectivity index (χ4v) is 1.74. The molecule has 1 fully saturated rings. The molecule has 4 atom stereocenters. The zero-order valence-corrected chi connectivity index (χ0v) is 10.0. The van der Waals surface area contributed by atoms with Crippen LogP contribution in [-0.2, 0) is 9.53 Å². The molecule has 5 heteroatoms. The van der Waals surface area contributed by atoms with Crippen molar-refractivity contribution in [2.24, 2.45) is 0 Å². The van der Waals surface area contributed by atoms with Crippen molar-refractivity contribution in [2.75, 3.05) is 6.54 Å². The number of carbonyl (C=O) groups excluding carboxylic acids is 1. The second-order valence-corrected chi connectivity index (χ2v) is 4.46. The minimum absolute atomic E-state index is 0.168. The summed E-state index contributed by atoms with van der Waals surface area (Å²) in [4.78, 5) is 11.4. The van der Waals surface area contributed by atoms with Gasteiger partial charge in [-0.3, -0.25) is 4.79 Å². The number of hydrogen-bond donors (Lipinski definition) is 3. The summed E-state index contributed by atoms with van der Waals surface area (Å²) in [6, 6.07) is 0.272. The van der Waals surface area contributed by atoms with Gasteiger partial charge in [0.1, 0.15) is 18.3 Å². The molecule has 0 aromatic heterocycles. The molecule has 0 spiro atoms. The zero-order chi connectivity index (χ0) is 12.3. The van der Waals surface area contributed by atoms with Gasteiger partial charge in [0.25, 0.3) is 0 Å². The van der Waals surface area contributed by atoms with Crippen LogP contribution in [0.3, 0.4) is 0 Å². The summed E-state index contributed by atoms with van der Waals surface area (Å²) < 4.78 is 5.38. The topological polar surface area (TPSA) is 78.8 Å². The summed E-state index contributed by atoms with van der Waals surface area (Å²) in [5.74, 6) is -0.168. The van der Waals surface area contributed by atoms with E-state index < -0.39 is 24.4 Å². The Labute approximate surface area is 95.8 Å². The number of nitrogens with one attached hydrogen (secondary N) is 1. The van der Waals surface area contributed by atoms with Gasteiger partial charge in [0.15, 0.2) is 5.78 Å². The van der Waals surface area contributed by atoms with Crippen molar-refractivity contribution in [3.63, 3.8) is 0 Å². The van der Waals surface area contributed by atoms with Gasteiger partial charge in [-0.1, -0.05) is 20.8 Å². The highest BCUT2D eigenvalue weighted by molar-refractivity contribution is 5.83. The van der Waals surface area contributed by atoms with Gasteiger partial charge < -0.3 is 20.3 Å². The molecule has 0 bridgehead atoms. The van der Waals surface area contributed by atoms with E-state index >= 15 is 0 Å². The van der Waals surface area contributed by atoms with Crippen molar-refractivity contribution in [3.8, 4) is 0 Å². The smallest absolute Gasteiger partial charge is 0.164 e. The Morgan fingerprint density at radius 1 is 1.38 bits per heavy atom. The van der Waals surface area contributed by atoms with Crippen LogP contribution in [0.4, 0.5) is 0 Å². The summed E-state index contributed by atoms with van der Waals surface area (Å²) in [7, 11) is 0. The monoisotopic (exact) mass is 231 g/mol. The van der Waals surface area contributed by atoms with E-state index in [0.717, 1.165) is 0 Å². The molecule has 94 valence electrons. The first kappa shape index (κ1) is 13.6. The molecule has 0 saturated carbocycles. The number of aliphatic hydroxyl groups is 2. The summed E-state index contributed by atoms with van der Waals surface area (Å²) in [6.45, 7) is 6.10. The molecule has 0 aromatic carbocycles. The Balaban J connectivity index is 2.54. The molecule has 1 aliphatic heterocycles. The second-order valence-electron chi connectivity index (χ2n) is 4.46. The van der Waals surface area contributed by atoms with Crippen LogP contribution in [0.25, 0.3) is 0 Å². The number of aliphatic hydroxyl groups excluding tert-OH is 2. The molecule has 0 amide bonds. The lowest BCUT2D eigenvalue weighted by Gasteiger charge is -2.16. The minimum atomic E-state index is -1.11. The largest absolute Gasteiger partial charge is 0.388 e. The predicted octanol–water partition coefficient (Wildman–Crippen LogP) is -0.547. The van der Waals surface area contributed by atoms with Crippen LogP contribution in [0.1, 0.15) is 27.2 Å². The third kappa shape index (κ3) is 3.01. The van der Waals surface area contributed by atoms with Crippen molar-refractivity contribution >= 4 is 5.78 Å². The summed E-state index contributed by atoms with van der Waals surface area (Å²) in [5, 5.41) is 22.5. The Morgan fingerprint density at radius 3 is 2.50 bits per heavy atom. The van der Waals surface area contributed by atoms with E-state index in [0.29, 0.717) is 13.0 Å². The van der Waals surface area contributed by atoms with E-state index in [9.17, 15) is 15.0 Å². The van der Waals surface area contributed by atoms with E-state index in [1.165, 1.54) is 0 Å².